The molecule has 1 aromatic carbocycles. The minimum Gasteiger partial charge on any atom is -0.496 e. The van der Waals surface area contributed by atoms with Crippen LogP contribution in [-0.4, -0.2) is 25.3 Å². The molecule has 4 heteroatoms. The first-order chi connectivity index (χ1) is 8.53. The van der Waals surface area contributed by atoms with E-state index in [1.165, 1.54) is 0 Å². The second-order valence-electron chi connectivity index (χ2n) is 4.27. The number of ether oxygens (including phenoxy) is 2. The smallest absolute Gasteiger partial charge is 0.306 e. The molecule has 100 valence electrons. The Balaban J connectivity index is 3.13. The average molecular weight is 252 g/mol. The van der Waals surface area contributed by atoms with Gasteiger partial charge in [0, 0.05) is 0 Å². The Morgan fingerprint density at radius 1 is 1.22 bits per heavy atom. The van der Waals surface area contributed by atoms with Gasteiger partial charge in [0.15, 0.2) is 0 Å². The van der Waals surface area contributed by atoms with Crippen molar-refractivity contribution in [1.82, 2.24) is 0 Å². The maximum atomic E-state index is 10.9. The van der Waals surface area contributed by atoms with Gasteiger partial charge in [0.25, 0.3) is 0 Å². The lowest BCUT2D eigenvalue weighted by molar-refractivity contribution is -0.141. The Bertz CT molecular complexity index is 426. The number of hydrogen-bond donors (Lipinski definition) is 1. The highest BCUT2D eigenvalue weighted by molar-refractivity contribution is 5.70. The van der Waals surface area contributed by atoms with Crippen molar-refractivity contribution in [1.29, 1.82) is 0 Å². The number of hydrogen-bond acceptors (Lipinski definition) is 3. The maximum Gasteiger partial charge on any atom is 0.306 e. The molecule has 0 aliphatic heterocycles. The second kappa shape index (κ2) is 6.28. The highest BCUT2D eigenvalue weighted by Crippen LogP contribution is 2.30. The van der Waals surface area contributed by atoms with Gasteiger partial charge in [-0.15, -0.1) is 0 Å². The number of aliphatic carboxylic acids is 1. The highest BCUT2D eigenvalue weighted by atomic mass is 16.5. The Hall–Kier alpha value is -1.71. The summed E-state index contributed by atoms with van der Waals surface area (Å²) in [6.45, 7) is 3.72. The molecule has 0 heterocycles. The van der Waals surface area contributed by atoms with Gasteiger partial charge in [0.1, 0.15) is 11.5 Å². The van der Waals surface area contributed by atoms with Gasteiger partial charge in [0.2, 0.25) is 0 Å². The van der Waals surface area contributed by atoms with E-state index in [9.17, 15) is 4.79 Å². The van der Waals surface area contributed by atoms with Gasteiger partial charge in [-0.05, 0) is 36.1 Å². The molecule has 4 nitrogen and oxygen atoms in total. The molecule has 1 atom stereocenters. The largest absolute Gasteiger partial charge is 0.496 e. The molecule has 18 heavy (non-hydrogen) atoms. The van der Waals surface area contributed by atoms with Gasteiger partial charge < -0.3 is 14.6 Å². The third-order valence-corrected chi connectivity index (χ3v) is 3.01. The van der Waals surface area contributed by atoms with Crippen LogP contribution >= 0.6 is 0 Å². The number of carboxylic acids is 1. The van der Waals surface area contributed by atoms with Crippen LogP contribution in [0.5, 0.6) is 11.5 Å². The number of benzene rings is 1. The Labute approximate surface area is 108 Å². The molecule has 1 N–H and O–H groups in total. The third kappa shape index (κ3) is 3.15. The van der Waals surface area contributed by atoms with Crippen LogP contribution in [0.3, 0.4) is 0 Å². The fraction of sp³-hybridized carbons (Fsp3) is 0.500. The quantitative estimate of drug-likeness (QED) is 0.845. The van der Waals surface area contributed by atoms with E-state index in [0.717, 1.165) is 29.0 Å². The SMILES string of the molecule is CCc1cc(OC)c(CC(C)C(=O)O)cc1OC. The lowest BCUT2D eigenvalue weighted by Gasteiger charge is -2.15. The zero-order valence-electron chi connectivity index (χ0n) is 11.3. The van der Waals surface area contributed by atoms with E-state index in [1.54, 1.807) is 21.1 Å². The summed E-state index contributed by atoms with van der Waals surface area (Å²) in [6.07, 6.45) is 1.27. The molecule has 0 aliphatic carbocycles. The van der Waals surface area contributed by atoms with E-state index < -0.39 is 11.9 Å². The van der Waals surface area contributed by atoms with E-state index in [4.69, 9.17) is 14.6 Å². The number of methoxy groups -OCH3 is 2. The number of rotatable bonds is 6. The molecule has 1 aromatic rings. The van der Waals surface area contributed by atoms with Gasteiger partial charge in [-0.1, -0.05) is 13.8 Å². The Morgan fingerprint density at radius 3 is 2.17 bits per heavy atom. The molecule has 0 saturated carbocycles. The molecule has 0 aromatic heterocycles. The first-order valence-corrected chi connectivity index (χ1v) is 6.00. The monoisotopic (exact) mass is 252 g/mol. The van der Waals surface area contributed by atoms with Crippen LogP contribution in [0, 0.1) is 5.92 Å². The Kier molecular flexibility index (Phi) is 5.01. The van der Waals surface area contributed by atoms with Crippen molar-refractivity contribution in [3.8, 4) is 11.5 Å². The summed E-state index contributed by atoms with van der Waals surface area (Å²) < 4.78 is 10.6. The van der Waals surface area contributed by atoms with Crippen LogP contribution < -0.4 is 9.47 Å². The van der Waals surface area contributed by atoms with Crippen molar-refractivity contribution in [2.45, 2.75) is 26.7 Å². The van der Waals surface area contributed by atoms with Crippen LogP contribution in [0.1, 0.15) is 25.0 Å². The van der Waals surface area contributed by atoms with Crippen molar-refractivity contribution in [3.63, 3.8) is 0 Å². The van der Waals surface area contributed by atoms with Crippen molar-refractivity contribution in [2.75, 3.05) is 14.2 Å². The number of carboxylic acid groups (broad SMARTS) is 1. The zero-order valence-corrected chi connectivity index (χ0v) is 11.3. The fourth-order valence-corrected chi connectivity index (χ4v) is 1.88. The molecular weight excluding hydrogens is 232 g/mol. The summed E-state index contributed by atoms with van der Waals surface area (Å²) in [5.74, 6) is 0.248. The average Bonchev–Trinajstić information content (AvgIpc) is 2.37. The van der Waals surface area contributed by atoms with Crippen LogP contribution in [0.2, 0.25) is 0 Å². The van der Waals surface area contributed by atoms with Crippen molar-refractivity contribution in [2.24, 2.45) is 5.92 Å². The van der Waals surface area contributed by atoms with Crippen molar-refractivity contribution < 1.29 is 19.4 Å². The first kappa shape index (κ1) is 14.4. The van der Waals surface area contributed by atoms with Crippen LogP contribution in [0.4, 0.5) is 0 Å². The van der Waals surface area contributed by atoms with Crippen LogP contribution in [0.25, 0.3) is 0 Å². The topological polar surface area (TPSA) is 55.8 Å². The zero-order chi connectivity index (χ0) is 13.7. The number of carbonyl (C=O) groups is 1. The van der Waals surface area contributed by atoms with E-state index in [2.05, 4.69) is 0 Å². The van der Waals surface area contributed by atoms with Crippen LogP contribution in [-0.2, 0) is 17.6 Å². The normalized spacial score (nSPS) is 12.0. The van der Waals surface area contributed by atoms with Gasteiger partial charge in [0.05, 0.1) is 20.1 Å². The molecule has 0 radical (unpaired) electrons. The first-order valence-electron chi connectivity index (χ1n) is 6.00. The van der Waals surface area contributed by atoms with E-state index in [1.807, 2.05) is 19.1 Å². The molecule has 0 bridgehead atoms. The van der Waals surface area contributed by atoms with Gasteiger partial charge in [-0.3, -0.25) is 4.79 Å². The summed E-state index contributed by atoms with van der Waals surface area (Å²) in [5, 5.41) is 8.96. The minimum absolute atomic E-state index is 0.429. The Morgan fingerprint density at radius 2 is 1.72 bits per heavy atom. The molecular formula is C14H20O4. The molecule has 0 amide bonds. The van der Waals surface area contributed by atoms with E-state index in [0.29, 0.717) is 6.42 Å². The lowest BCUT2D eigenvalue weighted by Crippen LogP contribution is -2.13. The van der Waals surface area contributed by atoms with Crippen molar-refractivity contribution >= 4 is 5.97 Å². The van der Waals surface area contributed by atoms with Crippen molar-refractivity contribution in [3.05, 3.63) is 23.3 Å². The third-order valence-electron chi connectivity index (χ3n) is 3.01. The summed E-state index contributed by atoms with van der Waals surface area (Å²) in [5.41, 5.74) is 1.92. The number of aryl methyl sites for hydroxylation is 1. The molecule has 1 rings (SSSR count). The molecule has 0 fully saturated rings. The lowest BCUT2D eigenvalue weighted by atomic mass is 9.98. The van der Waals surface area contributed by atoms with E-state index >= 15 is 0 Å². The molecule has 1 unspecified atom stereocenters. The highest BCUT2D eigenvalue weighted by Gasteiger charge is 2.17. The van der Waals surface area contributed by atoms with Gasteiger partial charge in [-0.25, -0.2) is 0 Å². The molecule has 0 spiro atoms. The van der Waals surface area contributed by atoms with E-state index in [-0.39, 0.29) is 0 Å². The summed E-state index contributed by atoms with van der Waals surface area (Å²) in [4.78, 5) is 10.9. The summed E-state index contributed by atoms with van der Waals surface area (Å²) >= 11 is 0. The summed E-state index contributed by atoms with van der Waals surface area (Å²) in [6, 6.07) is 3.79. The fourth-order valence-electron chi connectivity index (χ4n) is 1.88. The predicted molar refractivity (Wildman–Crippen MR) is 69.4 cm³/mol. The standard InChI is InChI=1S/C14H20O4/c1-5-10-7-13(18-4)11(8-12(10)17-3)6-9(2)14(15)16/h7-9H,5-6H2,1-4H3,(H,15,16). The summed E-state index contributed by atoms with van der Waals surface area (Å²) in [7, 11) is 3.21. The molecule has 0 saturated heterocycles. The van der Waals surface area contributed by atoms with Gasteiger partial charge >= 0.3 is 5.97 Å². The van der Waals surface area contributed by atoms with Gasteiger partial charge in [-0.2, -0.15) is 0 Å². The minimum atomic E-state index is -0.810. The van der Waals surface area contributed by atoms with Crippen LogP contribution in [0.15, 0.2) is 12.1 Å². The maximum absolute atomic E-state index is 10.9. The second-order valence-corrected chi connectivity index (χ2v) is 4.27. The molecule has 0 aliphatic rings. The predicted octanol–water partition coefficient (Wildman–Crippen LogP) is 2.53.